The van der Waals surface area contributed by atoms with E-state index < -0.39 is 0 Å². The second kappa shape index (κ2) is 7.02. The van der Waals surface area contributed by atoms with Crippen LogP contribution in [0.15, 0.2) is 0 Å². The van der Waals surface area contributed by atoms with Crippen LogP contribution in [0.25, 0.3) is 0 Å². The third kappa shape index (κ3) is 5.08. The third-order valence-electron chi connectivity index (χ3n) is 3.44. The fourth-order valence-electron chi connectivity index (χ4n) is 1.93. The monoisotopic (exact) mass is 228 g/mol. The Balaban J connectivity index is 4.40. The maximum absolute atomic E-state index is 11.6. The van der Waals surface area contributed by atoms with Crippen molar-refractivity contribution in [2.24, 2.45) is 0 Å². The summed E-state index contributed by atoms with van der Waals surface area (Å²) in [6.45, 7) is 12.2. The molecule has 0 aliphatic carbocycles. The summed E-state index contributed by atoms with van der Waals surface area (Å²) in [5.74, 6) is 0.288. The van der Waals surface area contributed by atoms with Gasteiger partial charge >= 0.3 is 0 Å². The maximum Gasteiger partial charge on any atom is 0.146 e. The van der Waals surface area contributed by atoms with E-state index in [9.17, 15) is 4.79 Å². The Hall–Kier alpha value is -0.410. The number of hydrogen-bond donors (Lipinski definition) is 1. The van der Waals surface area contributed by atoms with E-state index in [0.717, 1.165) is 25.9 Å². The number of ketones is 1. The summed E-state index contributed by atoms with van der Waals surface area (Å²) in [5, 5.41) is 3.28. The Morgan fingerprint density at radius 3 is 2.12 bits per heavy atom. The Bertz CT molecular complexity index is 210. The summed E-state index contributed by atoms with van der Waals surface area (Å²) in [7, 11) is 1.97. The number of likely N-dealkylation sites (N-methyl/N-ethyl adjacent to an activating group) is 1. The van der Waals surface area contributed by atoms with E-state index in [-0.39, 0.29) is 17.4 Å². The van der Waals surface area contributed by atoms with E-state index in [1.807, 2.05) is 7.05 Å². The van der Waals surface area contributed by atoms with E-state index in [4.69, 9.17) is 0 Å². The summed E-state index contributed by atoms with van der Waals surface area (Å²) in [6, 6.07) is 0.0858. The number of hydrogen-bond acceptors (Lipinski definition) is 3. The van der Waals surface area contributed by atoms with Gasteiger partial charge < -0.3 is 5.32 Å². The number of nitrogens with zero attached hydrogens (tertiary/aromatic N) is 1. The SMILES string of the molecule is CCN(CC)C(CCC(C)(C)NC)C(C)=O. The molecule has 0 amide bonds. The largest absolute Gasteiger partial charge is 0.315 e. The van der Waals surface area contributed by atoms with Gasteiger partial charge in [0.2, 0.25) is 0 Å². The van der Waals surface area contributed by atoms with Gasteiger partial charge in [-0.15, -0.1) is 0 Å². The molecule has 0 heterocycles. The van der Waals surface area contributed by atoms with Crippen molar-refractivity contribution >= 4 is 5.78 Å². The molecule has 0 spiro atoms. The first-order chi connectivity index (χ1) is 7.37. The normalized spacial score (nSPS) is 14.2. The van der Waals surface area contributed by atoms with E-state index in [1.165, 1.54) is 0 Å². The third-order valence-corrected chi connectivity index (χ3v) is 3.44. The molecule has 0 fully saturated rings. The predicted molar refractivity (Wildman–Crippen MR) is 69.8 cm³/mol. The van der Waals surface area contributed by atoms with Crippen LogP contribution in [0.4, 0.5) is 0 Å². The van der Waals surface area contributed by atoms with Crippen molar-refractivity contribution in [1.82, 2.24) is 10.2 Å². The van der Waals surface area contributed by atoms with Crippen molar-refractivity contribution in [1.29, 1.82) is 0 Å². The highest BCUT2D eigenvalue weighted by atomic mass is 16.1. The van der Waals surface area contributed by atoms with Gasteiger partial charge in [-0.2, -0.15) is 0 Å². The first-order valence-corrected chi connectivity index (χ1v) is 6.31. The summed E-state index contributed by atoms with van der Waals surface area (Å²) in [6.07, 6.45) is 1.95. The summed E-state index contributed by atoms with van der Waals surface area (Å²) >= 11 is 0. The number of carbonyl (C=O) groups excluding carboxylic acids is 1. The highest BCUT2D eigenvalue weighted by Gasteiger charge is 2.24. The zero-order chi connectivity index (χ0) is 12.8. The van der Waals surface area contributed by atoms with Gasteiger partial charge in [0.15, 0.2) is 0 Å². The van der Waals surface area contributed by atoms with Gasteiger partial charge in [0.05, 0.1) is 6.04 Å². The molecule has 0 aromatic carbocycles. The van der Waals surface area contributed by atoms with Crippen LogP contribution in [0, 0.1) is 0 Å². The number of nitrogens with one attached hydrogen (secondary N) is 1. The zero-order valence-electron chi connectivity index (χ0n) is 11.8. The summed E-state index contributed by atoms with van der Waals surface area (Å²) in [5.41, 5.74) is 0.112. The van der Waals surface area contributed by atoms with Gasteiger partial charge in [-0.05, 0) is 53.8 Å². The molecule has 1 N–H and O–H groups in total. The smallest absolute Gasteiger partial charge is 0.146 e. The minimum atomic E-state index is 0.0858. The topological polar surface area (TPSA) is 32.3 Å². The Morgan fingerprint density at radius 1 is 1.31 bits per heavy atom. The summed E-state index contributed by atoms with van der Waals surface area (Å²) in [4.78, 5) is 13.9. The summed E-state index contributed by atoms with van der Waals surface area (Å²) < 4.78 is 0. The van der Waals surface area contributed by atoms with Gasteiger partial charge in [0.1, 0.15) is 5.78 Å². The molecule has 3 nitrogen and oxygen atoms in total. The quantitative estimate of drug-likeness (QED) is 0.690. The molecule has 1 atom stereocenters. The molecular weight excluding hydrogens is 200 g/mol. The minimum absolute atomic E-state index is 0.0858. The second-order valence-corrected chi connectivity index (χ2v) is 5.02. The van der Waals surface area contributed by atoms with Crippen LogP contribution < -0.4 is 5.32 Å². The maximum atomic E-state index is 11.6. The molecule has 0 aromatic rings. The van der Waals surface area contributed by atoms with Crippen molar-refractivity contribution in [3.63, 3.8) is 0 Å². The molecule has 0 saturated carbocycles. The second-order valence-electron chi connectivity index (χ2n) is 5.02. The highest BCUT2D eigenvalue weighted by molar-refractivity contribution is 5.81. The average Bonchev–Trinajstić information content (AvgIpc) is 2.23. The van der Waals surface area contributed by atoms with Gasteiger partial charge in [0.25, 0.3) is 0 Å². The van der Waals surface area contributed by atoms with Crippen molar-refractivity contribution in [3.05, 3.63) is 0 Å². The van der Waals surface area contributed by atoms with Crippen LogP contribution in [0.2, 0.25) is 0 Å². The van der Waals surface area contributed by atoms with Crippen LogP contribution in [-0.2, 0) is 4.79 Å². The predicted octanol–water partition coefficient (Wildman–Crippen LogP) is 2.06. The number of rotatable bonds is 8. The first-order valence-electron chi connectivity index (χ1n) is 6.31. The van der Waals surface area contributed by atoms with Gasteiger partial charge in [0, 0.05) is 5.54 Å². The van der Waals surface area contributed by atoms with Crippen LogP contribution in [0.3, 0.4) is 0 Å². The zero-order valence-corrected chi connectivity index (χ0v) is 11.8. The molecule has 3 heteroatoms. The van der Waals surface area contributed by atoms with E-state index >= 15 is 0 Å². The molecule has 0 bridgehead atoms. The van der Waals surface area contributed by atoms with E-state index in [1.54, 1.807) is 6.92 Å². The molecule has 0 aromatic heterocycles. The standard InChI is InChI=1S/C13H28N2O/c1-7-15(8-2)12(11(3)16)9-10-13(4,5)14-6/h12,14H,7-10H2,1-6H3. The number of carbonyl (C=O) groups is 1. The first kappa shape index (κ1) is 15.6. The Morgan fingerprint density at radius 2 is 1.81 bits per heavy atom. The van der Waals surface area contributed by atoms with Crippen LogP contribution >= 0.6 is 0 Å². The fourth-order valence-corrected chi connectivity index (χ4v) is 1.93. The van der Waals surface area contributed by atoms with E-state index in [2.05, 4.69) is 37.9 Å². The van der Waals surface area contributed by atoms with E-state index in [0.29, 0.717) is 0 Å². The molecule has 0 saturated heterocycles. The molecule has 96 valence electrons. The van der Waals surface area contributed by atoms with Crippen LogP contribution in [0.5, 0.6) is 0 Å². The molecule has 0 aliphatic heterocycles. The molecule has 0 aliphatic rings. The van der Waals surface area contributed by atoms with Gasteiger partial charge in [-0.1, -0.05) is 13.8 Å². The van der Waals surface area contributed by atoms with Crippen LogP contribution in [0.1, 0.15) is 47.5 Å². The lowest BCUT2D eigenvalue weighted by Crippen LogP contribution is -2.43. The Labute approximate surface area is 101 Å². The minimum Gasteiger partial charge on any atom is -0.315 e. The molecule has 16 heavy (non-hydrogen) atoms. The molecular formula is C13H28N2O. The fraction of sp³-hybridized carbons (Fsp3) is 0.923. The average molecular weight is 228 g/mol. The highest BCUT2D eigenvalue weighted by Crippen LogP contribution is 2.16. The number of Topliss-reactive ketones (excluding diaryl/α,β-unsaturated/α-hetero) is 1. The van der Waals surface area contributed by atoms with Crippen molar-refractivity contribution in [3.8, 4) is 0 Å². The lowest BCUT2D eigenvalue weighted by Gasteiger charge is -2.31. The van der Waals surface area contributed by atoms with Crippen molar-refractivity contribution in [2.45, 2.75) is 59.0 Å². The lowest BCUT2D eigenvalue weighted by atomic mass is 9.94. The van der Waals surface area contributed by atoms with Crippen molar-refractivity contribution < 1.29 is 4.79 Å². The molecule has 1 unspecified atom stereocenters. The Kier molecular flexibility index (Phi) is 6.84. The lowest BCUT2D eigenvalue weighted by molar-refractivity contribution is -0.122. The van der Waals surface area contributed by atoms with Gasteiger partial charge in [-0.25, -0.2) is 0 Å². The van der Waals surface area contributed by atoms with Crippen molar-refractivity contribution in [2.75, 3.05) is 20.1 Å². The molecule has 0 radical (unpaired) electrons. The van der Waals surface area contributed by atoms with Gasteiger partial charge in [-0.3, -0.25) is 9.69 Å². The molecule has 0 rings (SSSR count). The van der Waals surface area contributed by atoms with Crippen LogP contribution in [-0.4, -0.2) is 42.4 Å².